The maximum absolute atomic E-state index is 11.3. The summed E-state index contributed by atoms with van der Waals surface area (Å²) < 4.78 is 1.16. The maximum Gasteiger partial charge on any atom is 0.243 e. The number of carbonyl (C=O) groups excluding carboxylic acids is 1. The molecule has 0 saturated heterocycles. The van der Waals surface area contributed by atoms with Crippen LogP contribution in [0.2, 0.25) is 0 Å². The van der Waals surface area contributed by atoms with Crippen molar-refractivity contribution in [3.63, 3.8) is 0 Å². The third kappa shape index (κ3) is 3.25. The van der Waals surface area contributed by atoms with E-state index in [0.717, 1.165) is 15.2 Å². The fourth-order valence-electron chi connectivity index (χ4n) is 1.45. The van der Waals surface area contributed by atoms with E-state index < -0.39 is 0 Å². The highest BCUT2D eigenvalue weighted by Crippen LogP contribution is 2.22. The van der Waals surface area contributed by atoms with E-state index in [9.17, 15) is 4.79 Å². The molecule has 1 N–H and O–H groups in total. The molecule has 1 aromatic heterocycles. The average molecular weight is 250 g/mol. The smallest absolute Gasteiger partial charge is 0.243 e. The minimum Gasteiger partial charge on any atom is -0.274 e. The molecule has 0 unspecified atom stereocenters. The minimum atomic E-state index is -0.105. The van der Waals surface area contributed by atoms with E-state index in [1.807, 2.05) is 31.2 Å². The van der Waals surface area contributed by atoms with Gasteiger partial charge in [0.2, 0.25) is 5.91 Å². The van der Waals surface area contributed by atoms with E-state index in [1.165, 1.54) is 0 Å². The molecular weight excluding hydrogens is 236 g/mol. The number of carbonyl (C=O) groups is 1. The van der Waals surface area contributed by atoms with Gasteiger partial charge < -0.3 is 0 Å². The van der Waals surface area contributed by atoms with Gasteiger partial charge >= 0.3 is 0 Å². The molecule has 0 bridgehead atoms. The summed E-state index contributed by atoms with van der Waals surface area (Å²) in [7, 11) is 0. The highest BCUT2D eigenvalue weighted by molar-refractivity contribution is 7.18. The summed E-state index contributed by atoms with van der Waals surface area (Å²) in [6.45, 7) is 2.31. The molecule has 17 heavy (non-hydrogen) atoms. The lowest BCUT2D eigenvalue weighted by atomic mass is 10.3. The zero-order chi connectivity index (χ0) is 12.1. The summed E-state index contributed by atoms with van der Waals surface area (Å²) in [6, 6.07) is 7.98. The minimum absolute atomic E-state index is 0.105. The van der Waals surface area contributed by atoms with Crippen LogP contribution in [0.1, 0.15) is 18.4 Å². The molecule has 1 amide bonds. The van der Waals surface area contributed by atoms with E-state index in [0.29, 0.717) is 19.4 Å². The number of hydrogen-bond donors (Lipinski definition) is 1. The zero-order valence-electron chi connectivity index (χ0n) is 9.60. The lowest BCUT2D eigenvalue weighted by molar-refractivity contribution is -0.133. The molecule has 0 aliphatic heterocycles. The number of amides is 1. The second-order valence-corrected chi connectivity index (χ2v) is 4.65. The zero-order valence-corrected chi connectivity index (χ0v) is 10.4. The fourth-order valence-corrected chi connectivity index (χ4v) is 2.42. The van der Waals surface area contributed by atoms with Crippen LogP contribution in [0.4, 0.5) is 0 Å². The molecule has 0 fully saturated rings. The number of para-hydroxylation sites is 1. The van der Waals surface area contributed by atoms with Crippen molar-refractivity contribution in [2.24, 2.45) is 0 Å². The molecule has 0 spiro atoms. The van der Waals surface area contributed by atoms with Gasteiger partial charge in [0.1, 0.15) is 0 Å². The molecule has 2 rings (SSSR count). The molecule has 0 aliphatic carbocycles. The van der Waals surface area contributed by atoms with Crippen LogP contribution in [0.25, 0.3) is 10.2 Å². The Morgan fingerprint density at radius 2 is 2.29 bits per heavy atom. The first kappa shape index (κ1) is 12.0. The Labute approximate surface area is 104 Å². The molecule has 2 aromatic rings. The SMILES string of the molecule is CCONC(=O)CCc1nc2ccccc2s1. The van der Waals surface area contributed by atoms with Gasteiger partial charge in [-0.1, -0.05) is 12.1 Å². The monoisotopic (exact) mass is 250 g/mol. The number of fused-ring (bicyclic) bond motifs is 1. The summed E-state index contributed by atoms with van der Waals surface area (Å²) in [5, 5.41) is 0.984. The van der Waals surface area contributed by atoms with Gasteiger partial charge in [0, 0.05) is 12.8 Å². The fraction of sp³-hybridized carbons (Fsp3) is 0.333. The molecule has 1 aromatic carbocycles. The molecule has 1 heterocycles. The second kappa shape index (κ2) is 5.75. The van der Waals surface area contributed by atoms with E-state index in [2.05, 4.69) is 10.5 Å². The Hall–Kier alpha value is -1.46. The molecule has 0 atom stereocenters. The van der Waals surface area contributed by atoms with Crippen LogP contribution in [0.5, 0.6) is 0 Å². The van der Waals surface area contributed by atoms with Crippen molar-refractivity contribution < 1.29 is 9.63 Å². The first-order valence-corrected chi connectivity index (χ1v) is 6.36. The van der Waals surface area contributed by atoms with Gasteiger partial charge in [-0.25, -0.2) is 10.5 Å². The predicted octanol–water partition coefficient (Wildman–Crippen LogP) is 2.30. The number of nitrogens with one attached hydrogen (secondary N) is 1. The third-order valence-corrected chi connectivity index (χ3v) is 3.33. The molecule has 0 saturated carbocycles. The molecule has 0 aliphatic rings. The predicted molar refractivity (Wildman–Crippen MR) is 67.7 cm³/mol. The first-order chi connectivity index (χ1) is 8.29. The molecular formula is C12H14N2O2S. The van der Waals surface area contributed by atoms with Crippen molar-refractivity contribution in [1.82, 2.24) is 10.5 Å². The number of hydroxylamine groups is 1. The Balaban J connectivity index is 1.92. The Kier molecular flexibility index (Phi) is 4.06. The summed E-state index contributed by atoms with van der Waals surface area (Å²) in [5.41, 5.74) is 3.37. The quantitative estimate of drug-likeness (QED) is 0.828. The van der Waals surface area contributed by atoms with E-state index in [4.69, 9.17) is 4.84 Å². The topological polar surface area (TPSA) is 51.2 Å². The van der Waals surface area contributed by atoms with Crippen LogP contribution >= 0.6 is 11.3 Å². The number of thiazole rings is 1. The van der Waals surface area contributed by atoms with Gasteiger partial charge in [0.05, 0.1) is 21.8 Å². The molecule has 5 heteroatoms. The van der Waals surface area contributed by atoms with Crippen LogP contribution in [-0.2, 0) is 16.1 Å². The number of benzene rings is 1. The van der Waals surface area contributed by atoms with E-state index in [1.54, 1.807) is 11.3 Å². The van der Waals surface area contributed by atoms with Crippen molar-refractivity contribution in [3.8, 4) is 0 Å². The van der Waals surface area contributed by atoms with Gasteiger partial charge in [-0.2, -0.15) is 0 Å². The lowest BCUT2D eigenvalue weighted by Gasteiger charge is -2.01. The summed E-state index contributed by atoms with van der Waals surface area (Å²) in [4.78, 5) is 20.6. The second-order valence-electron chi connectivity index (χ2n) is 3.53. The molecule has 0 radical (unpaired) electrons. The van der Waals surface area contributed by atoms with Gasteiger partial charge in [-0.05, 0) is 19.1 Å². The van der Waals surface area contributed by atoms with E-state index >= 15 is 0 Å². The van der Waals surface area contributed by atoms with Gasteiger partial charge in [-0.15, -0.1) is 11.3 Å². The molecule has 4 nitrogen and oxygen atoms in total. The van der Waals surface area contributed by atoms with Gasteiger partial charge in [-0.3, -0.25) is 9.63 Å². The number of nitrogens with zero attached hydrogens (tertiary/aromatic N) is 1. The van der Waals surface area contributed by atoms with Crippen LogP contribution < -0.4 is 5.48 Å². The van der Waals surface area contributed by atoms with E-state index in [-0.39, 0.29) is 5.91 Å². The van der Waals surface area contributed by atoms with Gasteiger partial charge in [0.15, 0.2) is 0 Å². The Morgan fingerprint density at radius 1 is 1.47 bits per heavy atom. The van der Waals surface area contributed by atoms with Crippen molar-refractivity contribution in [1.29, 1.82) is 0 Å². The van der Waals surface area contributed by atoms with Crippen molar-refractivity contribution in [3.05, 3.63) is 29.3 Å². The number of aromatic nitrogens is 1. The third-order valence-electron chi connectivity index (χ3n) is 2.23. The van der Waals surface area contributed by atoms with Crippen LogP contribution in [-0.4, -0.2) is 17.5 Å². The normalized spacial score (nSPS) is 10.6. The van der Waals surface area contributed by atoms with Gasteiger partial charge in [0.25, 0.3) is 0 Å². The maximum atomic E-state index is 11.3. The standard InChI is InChI=1S/C12H14N2O2S/c1-2-16-14-11(15)7-8-12-13-9-5-3-4-6-10(9)17-12/h3-6H,2,7-8H2,1H3,(H,14,15). The van der Waals surface area contributed by atoms with Crippen LogP contribution in [0.15, 0.2) is 24.3 Å². The first-order valence-electron chi connectivity index (χ1n) is 5.54. The molecule has 90 valence electrons. The Bertz CT molecular complexity index is 477. The van der Waals surface area contributed by atoms with Crippen molar-refractivity contribution >= 4 is 27.5 Å². The van der Waals surface area contributed by atoms with Crippen molar-refractivity contribution in [2.75, 3.05) is 6.61 Å². The highest BCUT2D eigenvalue weighted by Gasteiger charge is 2.06. The number of hydrogen-bond acceptors (Lipinski definition) is 4. The van der Waals surface area contributed by atoms with Crippen LogP contribution in [0.3, 0.4) is 0 Å². The highest BCUT2D eigenvalue weighted by atomic mass is 32.1. The number of aryl methyl sites for hydroxylation is 1. The summed E-state index contributed by atoms with van der Waals surface area (Å²) in [6.07, 6.45) is 1.05. The van der Waals surface area contributed by atoms with Crippen molar-refractivity contribution in [2.45, 2.75) is 19.8 Å². The Morgan fingerprint density at radius 3 is 3.06 bits per heavy atom. The average Bonchev–Trinajstić information content (AvgIpc) is 2.76. The van der Waals surface area contributed by atoms with Crippen LogP contribution in [0, 0.1) is 0 Å². The summed E-state index contributed by atoms with van der Waals surface area (Å²) >= 11 is 1.63. The summed E-state index contributed by atoms with van der Waals surface area (Å²) in [5.74, 6) is -0.105. The largest absolute Gasteiger partial charge is 0.274 e. The lowest BCUT2D eigenvalue weighted by Crippen LogP contribution is -2.23. The number of rotatable bonds is 5.